The minimum absolute atomic E-state index is 0.388. The molecule has 0 atom stereocenters. The van der Waals surface area contributed by atoms with Crippen LogP contribution in [-0.2, 0) is 16.4 Å². The summed E-state index contributed by atoms with van der Waals surface area (Å²) in [6, 6.07) is 23.7. The normalized spacial score (nSPS) is 16.6. The van der Waals surface area contributed by atoms with E-state index in [9.17, 15) is 8.42 Å². The molecule has 1 fully saturated rings. The Morgan fingerprint density at radius 1 is 0.741 bits per heavy atom. The zero-order chi connectivity index (χ0) is 18.7. The van der Waals surface area contributed by atoms with E-state index in [0.29, 0.717) is 18.0 Å². The van der Waals surface area contributed by atoms with E-state index in [0.717, 1.165) is 36.8 Å². The molecule has 27 heavy (non-hydrogen) atoms. The first-order valence-electron chi connectivity index (χ1n) is 9.38. The van der Waals surface area contributed by atoms with Crippen molar-refractivity contribution >= 4 is 20.8 Å². The van der Waals surface area contributed by atoms with Crippen molar-refractivity contribution in [3.63, 3.8) is 0 Å². The number of benzene rings is 3. The average Bonchev–Trinajstić information content (AvgIpc) is 2.73. The molecule has 4 nitrogen and oxygen atoms in total. The van der Waals surface area contributed by atoms with E-state index in [1.807, 2.05) is 36.4 Å². The van der Waals surface area contributed by atoms with E-state index in [-0.39, 0.29) is 0 Å². The van der Waals surface area contributed by atoms with Gasteiger partial charge in [-0.15, -0.1) is 0 Å². The zero-order valence-corrected chi connectivity index (χ0v) is 16.1. The molecule has 3 aromatic rings. The first kappa shape index (κ1) is 18.2. The smallest absolute Gasteiger partial charge is 0.243 e. The van der Waals surface area contributed by atoms with Crippen LogP contribution in [0.15, 0.2) is 77.7 Å². The molecule has 140 valence electrons. The maximum Gasteiger partial charge on any atom is 0.243 e. The van der Waals surface area contributed by atoms with Gasteiger partial charge in [0.25, 0.3) is 0 Å². The highest BCUT2D eigenvalue weighted by atomic mass is 32.2. The molecule has 0 radical (unpaired) electrons. The van der Waals surface area contributed by atoms with Crippen molar-refractivity contribution in [3.8, 4) is 0 Å². The van der Waals surface area contributed by atoms with Crippen LogP contribution in [0.1, 0.15) is 5.56 Å². The summed E-state index contributed by atoms with van der Waals surface area (Å²) < 4.78 is 27.7. The van der Waals surface area contributed by atoms with Crippen LogP contribution in [-0.4, -0.2) is 50.3 Å². The Morgan fingerprint density at radius 2 is 1.41 bits per heavy atom. The first-order chi connectivity index (χ1) is 13.1. The zero-order valence-electron chi connectivity index (χ0n) is 15.3. The third-order valence-corrected chi connectivity index (χ3v) is 7.14. The summed E-state index contributed by atoms with van der Waals surface area (Å²) in [7, 11) is -3.44. The summed E-state index contributed by atoms with van der Waals surface area (Å²) in [4.78, 5) is 2.73. The molecule has 1 saturated heterocycles. The number of fused-ring (bicyclic) bond motifs is 1. The Morgan fingerprint density at radius 3 is 2.15 bits per heavy atom. The monoisotopic (exact) mass is 380 g/mol. The van der Waals surface area contributed by atoms with Gasteiger partial charge in [0.2, 0.25) is 10.0 Å². The second-order valence-corrected chi connectivity index (χ2v) is 8.93. The number of hydrogen-bond acceptors (Lipinski definition) is 3. The van der Waals surface area contributed by atoms with Crippen LogP contribution in [0.5, 0.6) is 0 Å². The lowest BCUT2D eigenvalue weighted by molar-refractivity contribution is 0.190. The quantitative estimate of drug-likeness (QED) is 0.681. The van der Waals surface area contributed by atoms with Crippen LogP contribution in [0.2, 0.25) is 0 Å². The van der Waals surface area contributed by atoms with Gasteiger partial charge in [-0.1, -0.05) is 60.7 Å². The van der Waals surface area contributed by atoms with Gasteiger partial charge < -0.3 is 4.90 Å². The van der Waals surface area contributed by atoms with Gasteiger partial charge in [-0.3, -0.25) is 0 Å². The third kappa shape index (κ3) is 4.05. The number of piperazine rings is 1. The van der Waals surface area contributed by atoms with E-state index < -0.39 is 10.0 Å². The van der Waals surface area contributed by atoms with Gasteiger partial charge in [0.05, 0.1) is 4.90 Å². The second-order valence-electron chi connectivity index (χ2n) is 6.99. The summed E-state index contributed by atoms with van der Waals surface area (Å²) >= 11 is 0. The van der Waals surface area contributed by atoms with Gasteiger partial charge in [-0.05, 0) is 34.9 Å². The molecule has 0 aromatic heterocycles. The molecule has 1 heterocycles. The number of nitrogens with zero attached hydrogens (tertiary/aromatic N) is 2. The average molecular weight is 381 g/mol. The highest BCUT2D eigenvalue weighted by molar-refractivity contribution is 7.89. The van der Waals surface area contributed by atoms with Gasteiger partial charge in [0, 0.05) is 32.7 Å². The standard InChI is InChI=1S/C22H24N2O2S/c25-27(26,22-11-10-20-8-4-5-9-21(20)18-22)24-16-14-23(15-17-24)13-12-19-6-2-1-3-7-19/h1-11,18H,12-17H2. The minimum atomic E-state index is -3.44. The van der Waals surface area contributed by atoms with Gasteiger partial charge in [-0.25, -0.2) is 8.42 Å². The molecule has 0 bridgehead atoms. The molecule has 1 aliphatic heterocycles. The minimum Gasteiger partial charge on any atom is -0.300 e. The van der Waals surface area contributed by atoms with Crippen molar-refractivity contribution in [2.24, 2.45) is 0 Å². The molecular formula is C22H24N2O2S. The molecule has 0 unspecified atom stereocenters. The second kappa shape index (κ2) is 7.80. The molecular weight excluding hydrogens is 356 g/mol. The van der Waals surface area contributed by atoms with Crippen molar-refractivity contribution in [1.82, 2.24) is 9.21 Å². The fourth-order valence-electron chi connectivity index (χ4n) is 3.60. The largest absolute Gasteiger partial charge is 0.300 e. The molecule has 5 heteroatoms. The van der Waals surface area contributed by atoms with Crippen LogP contribution < -0.4 is 0 Å². The number of rotatable bonds is 5. The Balaban J connectivity index is 1.40. The lowest BCUT2D eigenvalue weighted by Crippen LogP contribution is -2.48. The fourth-order valence-corrected chi connectivity index (χ4v) is 5.06. The summed E-state index contributed by atoms with van der Waals surface area (Å²) in [6.07, 6.45) is 0.998. The van der Waals surface area contributed by atoms with Crippen LogP contribution in [0.25, 0.3) is 10.8 Å². The molecule has 0 saturated carbocycles. The van der Waals surface area contributed by atoms with Crippen molar-refractivity contribution in [2.75, 3.05) is 32.7 Å². The van der Waals surface area contributed by atoms with Crippen molar-refractivity contribution in [3.05, 3.63) is 78.4 Å². The molecule has 0 spiro atoms. The highest BCUT2D eigenvalue weighted by Crippen LogP contribution is 2.22. The summed E-state index contributed by atoms with van der Waals surface area (Å²) in [5.41, 5.74) is 1.32. The number of hydrogen-bond donors (Lipinski definition) is 0. The van der Waals surface area contributed by atoms with Crippen LogP contribution in [0.4, 0.5) is 0 Å². The van der Waals surface area contributed by atoms with Crippen molar-refractivity contribution in [1.29, 1.82) is 0 Å². The molecule has 4 rings (SSSR count). The van der Waals surface area contributed by atoms with Gasteiger partial charge in [0.15, 0.2) is 0 Å². The topological polar surface area (TPSA) is 40.6 Å². The maximum absolute atomic E-state index is 13.0. The van der Waals surface area contributed by atoms with Crippen LogP contribution in [0, 0.1) is 0 Å². The number of sulfonamides is 1. The predicted molar refractivity (Wildman–Crippen MR) is 109 cm³/mol. The van der Waals surface area contributed by atoms with Gasteiger partial charge in [-0.2, -0.15) is 4.31 Å². The van der Waals surface area contributed by atoms with Crippen LogP contribution >= 0.6 is 0 Å². The van der Waals surface area contributed by atoms with E-state index in [2.05, 4.69) is 29.2 Å². The lowest BCUT2D eigenvalue weighted by atomic mass is 10.1. The Labute approximate surface area is 161 Å². The molecule has 0 N–H and O–H groups in total. The maximum atomic E-state index is 13.0. The Kier molecular flexibility index (Phi) is 5.25. The molecule has 0 amide bonds. The van der Waals surface area contributed by atoms with E-state index >= 15 is 0 Å². The Bertz CT molecular complexity index is 1010. The first-order valence-corrected chi connectivity index (χ1v) is 10.8. The predicted octanol–water partition coefficient (Wildman–Crippen LogP) is 3.39. The van der Waals surface area contributed by atoms with Crippen molar-refractivity contribution in [2.45, 2.75) is 11.3 Å². The summed E-state index contributed by atoms with van der Waals surface area (Å²) in [5.74, 6) is 0. The highest BCUT2D eigenvalue weighted by Gasteiger charge is 2.28. The van der Waals surface area contributed by atoms with Gasteiger partial charge in [0.1, 0.15) is 0 Å². The molecule has 3 aromatic carbocycles. The molecule has 1 aliphatic rings. The molecule has 0 aliphatic carbocycles. The van der Waals surface area contributed by atoms with E-state index in [1.165, 1.54) is 5.56 Å². The Hall–Kier alpha value is -2.21. The SMILES string of the molecule is O=S(=O)(c1ccc2ccccc2c1)N1CCN(CCc2ccccc2)CC1. The summed E-state index contributed by atoms with van der Waals surface area (Å²) in [6.45, 7) is 3.61. The van der Waals surface area contributed by atoms with Crippen LogP contribution in [0.3, 0.4) is 0 Å². The lowest BCUT2D eigenvalue weighted by Gasteiger charge is -2.34. The summed E-state index contributed by atoms with van der Waals surface area (Å²) in [5, 5.41) is 2.02. The fraction of sp³-hybridized carbons (Fsp3) is 0.273. The van der Waals surface area contributed by atoms with E-state index in [1.54, 1.807) is 16.4 Å². The van der Waals surface area contributed by atoms with E-state index in [4.69, 9.17) is 0 Å². The third-order valence-electron chi connectivity index (χ3n) is 5.25. The van der Waals surface area contributed by atoms with Gasteiger partial charge >= 0.3 is 0 Å². The van der Waals surface area contributed by atoms with Crippen molar-refractivity contribution < 1.29 is 8.42 Å².